The van der Waals surface area contributed by atoms with Gasteiger partial charge < -0.3 is 10.1 Å². The Morgan fingerprint density at radius 3 is 2.59 bits per heavy atom. The monoisotopic (exact) mass is 418 g/mol. The molecule has 2 N–H and O–H groups in total. The van der Waals surface area contributed by atoms with E-state index in [-0.39, 0.29) is 27.9 Å². The third kappa shape index (κ3) is 4.34. The number of urea groups is 1. The zero-order chi connectivity index (χ0) is 19.6. The highest BCUT2D eigenvalue weighted by Gasteiger charge is 2.35. The molecule has 0 aliphatic heterocycles. The quantitative estimate of drug-likeness (QED) is 0.580. The predicted octanol–water partition coefficient (Wildman–Crippen LogP) is 5.08. The normalized spacial score (nSPS) is 11.3. The Morgan fingerprint density at radius 2 is 2.00 bits per heavy atom. The van der Waals surface area contributed by atoms with E-state index in [0.29, 0.717) is 5.56 Å². The average molecular weight is 418 g/mol. The third-order valence-electron chi connectivity index (χ3n) is 3.21. The zero-order valence-corrected chi connectivity index (χ0v) is 15.1. The SMILES string of the molecule is COc1cc(-c2cccs2)c(NC(=O)Nc2nnc(C(F)(F)F)s2)cc1F. The van der Waals surface area contributed by atoms with E-state index in [1.54, 1.807) is 17.5 Å². The number of carbonyl (C=O) groups is 1. The smallest absolute Gasteiger partial charge is 0.445 e. The van der Waals surface area contributed by atoms with Crippen molar-refractivity contribution in [3.05, 3.63) is 40.5 Å². The number of aromatic nitrogens is 2. The Kier molecular flexibility index (Phi) is 5.28. The van der Waals surface area contributed by atoms with Crippen LogP contribution in [0.25, 0.3) is 10.4 Å². The van der Waals surface area contributed by atoms with Crippen LogP contribution in [0.4, 0.5) is 33.2 Å². The maximum atomic E-state index is 14.0. The van der Waals surface area contributed by atoms with E-state index in [1.165, 1.54) is 24.5 Å². The van der Waals surface area contributed by atoms with Crippen LogP contribution in [0, 0.1) is 5.82 Å². The van der Waals surface area contributed by atoms with E-state index in [2.05, 4.69) is 20.8 Å². The zero-order valence-electron chi connectivity index (χ0n) is 13.4. The summed E-state index contributed by atoms with van der Waals surface area (Å²) in [6, 6.07) is 5.14. The molecule has 0 unspecified atom stereocenters. The van der Waals surface area contributed by atoms with Gasteiger partial charge in [-0.1, -0.05) is 17.4 Å². The van der Waals surface area contributed by atoms with Crippen molar-refractivity contribution in [3.63, 3.8) is 0 Å². The van der Waals surface area contributed by atoms with Gasteiger partial charge in [0.15, 0.2) is 11.6 Å². The number of nitrogens with zero attached hydrogens (tertiary/aromatic N) is 2. The standard InChI is InChI=1S/C15H10F4N4O2S2/c1-25-10-5-7(11-3-2-4-26-11)9(6-8(10)16)20-13(24)21-14-23-22-12(27-14)15(17,18)19/h2-6H,1H3,(H2,20,21,23,24). The van der Waals surface area contributed by atoms with Gasteiger partial charge in [0, 0.05) is 16.5 Å². The van der Waals surface area contributed by atoms with Crippen LogP contribution < -0.4 is 15.4 Å². The van der Waals surface area contributed by atoms with Crippen LogP contribution in [-0.2, 0) is 6.18 Å². The third-order valence-corrected chi connectivity index (χ3v) is 5.00. The second kappa shape index (κ2) is 7.48. The summed E-state index contributed by atoms with van der Waals surface area (Å²) in [5.74, 6) is -0.716. The molecule has 0 saturated heterocycles. The molecule has 12 heteroatoms. The molecular weight excluding hydrogens is 408 g/mol. The van der Waals surface area contributed by atoms with Gasteiger partial charge in [0.1, 0.15) is 0 Å². The second-order valence-corrected chi connectivity index (χ2v) is 6.92. The molecule has 0 radical (unpaired) electrons. The van der Waals surface area contributed by atoms with Crippen molar-refractivity contribution in [1.82, 2.24) is 10.2 Å². The van der Waals surface area contributed by atoms with Crippen LogP contribution in [-0.4, -0.2) is 23.3 Å². The lowest BCUT2D eigenvalue weighted by molar-refractivity contribution is -0.138. The highest BCUT2D eigenvalue weighted by Crippen LogP contribution is 2.37. The number of amides is 2. The molecule has 0 spiro atoms. The van der Waals surface area contributed by atoms with E-state index in [4.69, 9.17) is 4.74 Å². The Hall–Kier alpha value is -2.73. The summed E-state index contributed by atoms with van der Waals surface area (Å²) in [5.41, 5.74) is 0.612. The fourth-order valence-electron chi connectivity index (χ4n) is 2.09. The van der Waals surface area contributed by atoms with Crippen LogP contribution in [0.1, 0.15) is 5.01 Å². The van der Waals surface area contributed by atoms with Crippen molar-refractivity contribution in [2.45, 2.75) is 6.18 Å². The number of hydrogen-bond acceptors (Lipinski definition) is 6. The molecule has 0 aliphatic carbocycles. The molecule has 3 rings (SSSR count). The maximum Gasteiger partial charge on any atom is 0.445 e. The minimum atomic E-state index is -4.65. The van der Waals surface area contributed by atoms with E-state index < -0.39 is 23.0 Å². The molecule has 2 aromatic heterocycles. The number of anilines is 2. The van der Waals surface area contributed by atoms with Crippen LogP contribution in [0.15, 0.2) is 29.6 Å². The van der Waals surface area contributed by atoms with Gasteiger partial charge in [-0.15, -0.1) is 21.5 Å². The number of halogens is 4. The van der Waals surface area contributed by atoms with Crippen LogP contribution in [0.3, 0.4) is 0 Å². The summed E-state index contributed by atoms with van der Waals surface area (Å²) < 4.78 is 56.6. The number of alkyl halides is 3. The highest BCUT2D eigenvalue weighted by molar-refractivity contribution is 7.15. The minimum absolute atomic E-state index is 0.0108. The van der Waals surface area contributed by atoms with Crippen molar-refractivity contribution in [1.29, 1.82) is 0 Å². The van der Waals surface area contributed by atoms with Crippen molar-refractivity contribution in [2.75, 3.05) is 17.7 Å². The number of ether oxygens (including phenoxy) is 1. The molecule has 142 valence electrons. The molecule has 2 heterocycles. The molecule has 27 heavy (non-hydrogen) atoms. The predicted molar refractivity (Wildman–Crippen MR) is 93.8 cm³/mol. The van der Waals surface area contributed by atoms with Gasteiger partial charge in [-0.25, -0.2) is 9.18 Å². The lowest BCUT2D eigenvalue weighted by Crippen LogP contribution is -2.20. The number of nitrogens with one attached hydrogen (secondary N) is 2. The number of benzene rings is 1. The number of carbonyl (C=O) groups excluding carboxylic acids is 1. The van der Waals surface area contributed by atoms with Crippen molar-refractivity contribution in [2.24, 2.45) is 0 Å². The molecule has 0 aliphatic rings. The first kappa shape index (κ1) is 19.0. The Balaban J connectivity index is 1.83. The first-order chi connectivity index (χ1) is 12.8. The minimum Gasteiger partial charge on any atom is -0.494 e. The molecule has 1 aromatic carbocycles. The summed E-state index contributed by atoms with van der Waals surface area (Å²) >= 11 is 1.54. The molecule has 6 nitrogen and oxygen atoms in total. The molecule has 0 atom stereocenters. The van der Waals surface area contributed by atoms with Gasteiger partial charge in [0.25, 0.3) is 0 Å². The van der Waals surface area contributed by atoms with E-state index in [9.17, 15) is 22.4 Å². The Morgan fingerprint density at radius 1 is 1.22 bits per heavy atom. The summed E-state index contributed by atoms with van der Waals surface area (Å²) in [7, 11) is 1.31. The molecule has 0 saturated carbocycles. The van der Waals surface area contributed by atoms with E-state index in [1.807, 2.05) is 0 Å². The van der Waals surface area contributed by atoms with Gasteiger partial charge in [0.2, 0.25) is 10.1 Å². The van der Waals surface area contributed by atoms with Crippen LogP contribution in [0.5, 0.6) is 5.75 Å². The van der Waals surface area contributed by atoms with E-state index >= 15 is 0 Å². The van der Waals surface area contributed by atoms with Gasteiger partial charge in [-0.3, -0.25) is 5.32 Å². The first-order valence-corrected chi connectivity index (χ1v) is 8.87. The van der Waals surface area contributed by atoms with Crippen molar-refractivity contribution >= 4 is 39.5 Å². The topological polar surface area (TPSA) is 76.1 Å². The van der Waals surface area contributed by atoms with Crippen molar-refractivity contribution in [3.8, 4) is 16.2 Å². The number of thiophene rings is 1. The largest absolute Gasteiger partial charge is 0.494 e. The highest BCUT2D eigenvalue weighted by atomic mass is 32.1. The Labute approximate surface area is 157 Å². The lowest BCUT2D eigenvalue weighted by atomic mass is 10.1. The van der Waals surface area contributed by atoms with Gasteiger partial charge in [0.05, 0.1) is 12.8 Å². The summed E-state index contributed by atoms with van der Waals surface area (Å²) in [6.07, 6.45) is -4.65. The number of methoxy groups -OCH3 is 1. The fourth-order valence-corrected chi connectivity index (χ4v) is 3.45. The molecular formula is C15H10F4N4O2S2. The molecule has 2 amide bonds. The summed E-state index contributed by atoms with van der Waals surface area (Å²) in [6.45, 7) is 0. The first-order valence-electron chi connectivity index (χ1n) is 7.18. The van der Waals surface area contributed by atoms with E-state index in [0.717, 1.165) is 10.9 Å². The van der Waals surface area contributed by atoms with Gasteiger partial charge in [-0.2, -0.15) is 13.2 Å². The lowest BCUT2D eigenvalue weighted by Gasteiger charge is -2.12. The second-order valence-electron chi connectivity index (χ2n) is 5.00. The maximum absolute atomic E-state index is 14.0. The van der Waals surface area contributed by atoms with Gasteiger partial charge >= 0.3 is 12.2 Å². The van der Waals surface area contributed by atoms with Crippen LogP contribution in [0.2, 0.25) is 0 Å². The average Bonchev–Trinajstić information content (AvgIpc) is 3.26. The Bertz CT molecular complexity index is 957. The fraction of sp³-hybridized carbons (Fsp3) is 0.133. The summed E-state index contributed by atoms with van der Waals surface area (Å²) in [4.78, 5) is 12.8. The number of rotatable bonds is 4. The molecule has 0 fully saturated rings. The molecule has 0 bridgehead atoms. The summed E-state index contributed by atoms with van der Waals surface area (Å²) in [5, 5.41) is 11.1. The van der Waals surface area contributed by atoms with Crippen LogP contribution >= 0.6 is 22.7 Å². The van der Waals surface area contributed by atoms with Gasteiger partial charge in [-0.05, 0) is 17.5 Å². The van der Waals surface area contributed by atoms with Crippen molar-refractivity contribution < 1.29 is 27.1 Å². The molecule has 3 aromatic rings. The number of hydrogen-bond donors (Lipinski definition) is 2.